The molecule has 0 saturated carbocycles. The molecule has 0 amide bonds. The lowest BCUT2D eigenvalue weighted by atomic mass is 10.1. The fraction of sp³-hybridized carbons (Fsp3) is 0.250. The predicted molar refractivity (Wildman–Crippen MR) is 95.2 cm³/mol. The molecule has 0 aliphatic rings. The maximum atomic E-state index is 9.50. The van der Waals surface area contributed by atoms with Crippen molar-refractivity contribution in [3.8, 4) is 5.75 Å². The molecule has 4 nitrogen and oxygen atoms in total. The Bertz CT molecular complexity index is 603. The molecule has 2 aromatic carbocycles. The van der Waals surface area contributed by atoms with E-state index in [4.69, 9.17) is 26.8 Å². The molecule has 0 fully saturated rings. The predicted octanol–water partition coefficient (Wildman–Crippen LogP) is 2.98. The van der Waals surface area contributed by atoms with E-state index in [1.165, 1.54) is 7.11 Å². The molecule has 0 saturated heterocycles. The van der Waals surface area contributed by atoms with Gasteiger partial charge in [0.25, 0.3) is 0 Å². The lowest BCUT2D eigenvalue weighted by molar-refractivity contribution is 0.398. The molecule has 2 aromatic rings. The first-order chi connectivity index (χ1) is 10.4. The van der Waals surface area contributed by atoms with Crippen LogP contribution in [0.4, 0.5) is 0 Å². The number of hydrogen-bond donors (Lipinski definition) is 2. The molecular weight excluding hydrogens is 317 g/mol. The summed E-state index contributed by atoms with van der Waals surface area (Å²) in [5.74, 6) is 0.870. The summed E-state index contributed by atoms with van der Waals surface area (Å²) in [5.41, 5.74) is 6.79. The van der Waals surface area contributed by atoms with Gasteiger partial charge in [0.2, 0.25) is 6.49 Å². The van der Waals surface area contributed by atoms with Gasteiger partial charge in [0.15, 0.2) is 0 Å². The molecule has 3 N–H and O–H groups in total. The molecule has 2 rings (SSSR count). The number of methoxy groups -OCH3 is 1. The number of rotatable bonds is 4. The molecule has 0 aliphatic heterocycles. The first-order valence-corrected chi connectivity index (χ1v) is 9.41. The fourth-order valence-electron chi connectivity index (χ4n) is 1.63. The van der Waals surface area contributed by atoms with Gasteiger partial charge in [-0.3, -0.25) is 0 Å². The molecule has 120 valence electrons. The maximum Gasteiger partial charge on any atom is 0.216 e. The zero-order valence-electron chi connectivity index (χ0n) is 13.0. The van der Waals surface area contributed by atoms with Gasteiger partial charge in [0, 0.05) is 18.5 Å². The Morgan fingerprint density at radius 2 is 1.59 bits per heavy atom. The van der Waals surface area contributed by atoms with Crippen molar-refractivity contribution in [3.63, 3.8) is 0 Å². The fourth-order valence-corrected chi connectivity index (χ4v) is 2.75. The van der Waals surface area contributed by atoms with Crippen LogP contribution in [-0.4, -0.2) is 19.1 Å². The second-order valence-electron chi connectivity index (χ2n) is 4.60. The Kier molecular flexibility index (Phi) is 7.73. The second kappa shape index (κ2) is 9.03. The Balaban J connectivity index is 0.000000220. The van der Waals surface area contributed by atoms with Gasteiger partial charge in [-0.05, 0) is 48.6 Å². The lowest BCUT2D eigenvalue weighted by Crippen LogP contribution is -2.04. The van der Waals surface area contributed by atoms with Crippen LogP contribution in [-0.2, 0) is 16.3 Å². The molecule has 0 radical (unpaired) electrons. The summed E-state index contributed by atoms with van der Waals surface area (Å²) in [6, 6.07) is 16.9. The Hall–Kier alpha value is -1.23. The topological polar surface area (TPSA) is 64.7 Å². The summed E-state index contributed by atoms with van der Waals surface area (Å²) in [6.45, 7) is -0.732. The van der Waals surface area contributed by atoms with Crippen LogP contribution in [0, 0.1) is 0 Å². The molecular formula is C16H22NO3PS. The van der Waals surface area contributed by atoms with Gasteiger partial charge in [-0.2, -0.15) is 0 Å². The molecule has 0 heterocycles. The lowest BCUT2D eigenvalue weighted by Gasteiger charge is -2.11. The van der Waals surface area contributed by atoms with Gasteiger partial charge in [0.1, 0.15) is 5.75 Å². The smallest absolute Gasteiger partial charge is 0.216 e. The van der Waals surface area contributed by atoms with Gasteiger partial charge < -0.3 is 19.9 Å². The summed E-state index contributed by atoms with van der Waals surface area (Å²) < 4.78 is 9.81. The molecule has 0 bridgehead atoms. The van der Waals surface area contributed by atoms with Crippen molar-refractivity contribution < 1.29 is 14.2 Å². The van der Waals surface area contributed by atoms with Crippen LogP contribution >= 0.6 is 6.49 Å². The molecule has 0 spiro atoms. The van der Waals surface area contributed by atoms with Crippen molar-refractivity contribution in [1.29, 1.82) is 0 Å². The first-order valence-electron chi connectivity index (χ1n) is 6.74. The van der Waals surface area contributed by atoms with Crippen LogP contribution < -0.4 is 15.8 Å². The minimum atomic E-state index is -2.69. The normalized spacial score (nSPS) is 14.2. The maximum absolute atomic E-state index is 9.50. The van der Waals surface area contributed by atoms with Crippen molar-refractivity contribution >= 4 is 23.6 Å². The quantitative estimate of drug-likeness (QED) is 0.839. The summed E-state index contributed by atoms with van der Waals surface area (Å²) >= 11 is 4.86. The Labute approximate surface area is 137 Å². The average Bonchev–Trinajstić information content (AvgIpc) is 2.56. The van der Waals surface area contributed by atoms with Crippen molar-refractivity contribution in [3.05, 3.63) is 60.2 Å². The van der Waals surface area contributed by atoms with E-state index >= 15 is 0 Å². The van der Waals surface area contributed by atoms with Crippen molar-refractivity contribution in [1.82, 2.24) is 0 Å². The van der Waals surface area contributed by atoms with E-state index in [9.17, 15) is 4.89 Å². The minimum absolute atomic E-state index is 0.0981. The summed E-state index contributed by atoms with van der Waals surface area (Å²) in [6.07, 6.45) is 0. The third kappa shape index (κ3) is 5.87. The SMILES string of the molecule is COP(O)(=S)c1ccccc1.COc1ccc([C@H](C)N)cc1. The third-order valence-corrected chi connectivity index (χ3v) is 5.50. The molecule has 0 aromatic heterocycles. The Morgan fingerprint density at radius 3 is 2.00 bits per heavy atom. The summed E-state index contributed by atoms with van der Waals surface area (Å²) in [4.78, 5) is 9.50. The Morgan fingerprint density at radius 1 is 1.05 bits per heavy atom. The van der Waals surface area contributed by atoms with Crippen molar-refractivity contribution in [2.75, 3.05) is 14.2 Å². The summed E-state index contributed by atoms with van der Waals surface area (Å²) in [5, 5.41) is 0.692. The van der Waals surface area contributed by atoms with E-state index in [2.05, 4.69) is 0 Å². The molecule has 6 heteroatoms. The van der Waals surface area contributed by atoms with Gasteiger partial charge in [-0.15, -0.1) is 0 Å². The van der Waals surface area contributed by atoms with Crippen molar-refractivity contribution in [2.45, 2.75) is 13.0 Å². The number of nitrogens with two attached hydrogens (primary N) is 1. The highest BCUT2D eigenvalue weighted by Crippen LogP contribution is 2.39. The van der Waals surface area contributed by atoms with Crippen LogP contribution in [0.2, 0.25) is 0 Å². The van der Waals surface area contributed by atoms with E-state index in [0.717, 1.165) is 11.3 Å². The molecule has 0 aliphatic carbocycles. The second-order valence-corrected chi connectivity index (χ2v) is 8.01. The van der Waals surface area contributed by atoms with Gasteiger partial charge in [-0.1, -0.05) is 30.3 Å². The first kappa shape index (κ1) is 18.8. The number of benzene rings is 2. The number of hydrogen-bond acceptors (Lipinski definition) is 4. The standard InChI is InChI=1S/C9H13NO.C7H9O2PS/c1-7(10)8-3-5-9(11-2)6-4-8;1-9-10(8,11)7-5-3-2-4-6-7/h3-7H,10H2,1-2H3;2-6H,1H3,(H,8,11)/t7-;/m0./s1. The molecule has 1 unspecified atom stereocenters. The van der Waals surface area contributed by atoms with Crippen LogP contribution in [0.3, 0.4) is 0 Å². The van der Waals surface area contributed by atoms with Gasteiger partial charge in [0.05, 0.1) is 7.11 Å². The van der Waals surface area contributed by atoms with Crippen LogP contribution in [0.5, 0.6) is 5.75 Å². The van der Waals surface area contributed by atoms with Crippen LogP contribution in [0.1, 0.15) is 18.5 Å². The largest absolute Gasteiger partial charge is 0.497 e. The van der Waals surface area contributed by atoms with E-state index in [0.29, 0.717) is 5.30 Å². The summed E-state index contributed by atoms with van der Waals surface area (Å²) in [7, 11) is 3.08. The highest BCUT2D eigenvalue weighted by atomic mass is 32.5. The zero-order valence-corrected chi connectivity index (χ0v) is 14.7. The van der Waals surface area contributed by atoms with Crippen molar-refractivity contribution in [2.24, 2.45) is 5.73 Å². The average molecular weight is 339 g/mol. The zero-order chi connectivity index (χ0) is 16.6. The monoisotopic (exact) mass is 339 g/mol. The van der Waals surface area contributed by atoms with E-state index in [-0.39, 0.29) is 6.04 Å². The minimum Gasteiger partial charge on any atom is -0.497 e. The molecule has 22 heavy (non-hydrogen) atoms. The number of ether oxygens (including phenoxy) is 1. The molecule has 2 atom stereocenters. The third-order valence-electron chi connectivity index (χ3n) is 2.97. The highest BCUT2D eigenvalue weighted by Gasteiger charge is 2.13. The van der Waals surface area contributed by atoms with Gasteiger partial charge in [-0.25, -0.2) is 0 Å². The van der Waals surface area contributed by atoms with Crippen LogP contribution in [0.25, 0.3) is 0 Å². The van der Waals surface area contributed by atoms with E-state index in [1.54, 1.807) is 19.2 Å². The van der Waals surface area contributed by atoms with E-state index in [1.807, 2.05) is 49.4 Å². The van der Waals surface area contributed by atoms with Crippen LogP contribution in [0.15, 0.2) is 54.6 Å². The van der Waals surface area contributed by atoms with Gasteiger partial charge >= 0.3 is 0 Å². The highest BCUT2D eigenvalue weighted by molar-refractivity contribution is 8.13. The van der Waals surface area contributed by atoms with E-state index < -0.39 is 6.49 Å².